The Labute approximate surface area is 49.0 Å². The van der Waals surface area contributed by atoms with Gasteiger partial charge >= 0.3 is 48.6 Å². The molecular formula is CHAlCl2O+2. The van der Waals surface area contributed by atoms with E-state index >= 15 is 0 Å². The summed E-state index contributed by atoms with van der Waals surface area (Å²) >= 11 is 11.9. The van der Waals surface area contributed by atoms with Gasteiger partial charge in [-0.15, -0.1) is 0 Å². The maximum absolute atomic E-state index is 4.98. The minimum absolute atomic E-state index is 0.708. The predicted molar refractivity (Wildman–Crippen MR) is 22.3 cm³/mol. The summed E-state index contributed by atoms with van der Waals surface area (Å²) in [5.74, 6) is 0. The Hall–Kier alpha value is 1.07. The van der Waals surface area contributed by atoms with Gasteiger partial charge in [0.2, 0.25) is 0 Å². The van der Waals surface area contributed by atoms with Crippen molar-refractivity contribution in [3.63, 3.8) is 0 Å². The monoisotopic (exact) mass is 126 g/mol. The van der Waals surface area contributed by atoms with Crippen LogP contribution >= 0.6 is 23.2 Å². The summed E-state index contributed by atoms with van der Waals surface area (Å²) in [5.41, 5.74) is 0. The Morgan fingerprint density at radius 3 is 1.80 bits per heavy atom. The van der Waals surface area contributed by atoms with E-state index in [4.69, 9.17) is 23.2 Å². The molecule has 0 spiro atoms. The summed E-state index contributed by atoms with van der Waals surface area (Å²) in [4.78, 5) is 0. The van der Waals surface area contributed by atoms with Crippen LogP contribution in [-0.2, 0) is 3.79 Å². The van der Waals surface area contributed by atoms with Crippen LogP contribution in [0.15, 0.2) is 0 Å². The summed E-state index contributed by atoms with van der Waals surface area (Å²) in [7, 11) is 0. The summed E-state index contributed by atoms with van der Waals surface area (Å²) in [6.45, 7) is 0. The van der Waals surface area contributed by atoms with Crippen LogP contribution in [0.1, 0.15) is 0 Å². The van der Waals surface area contributed by atoms with Gasteiger partial charge in [-0.05, 0) is 0 Å². The number of rotatable bonds is 1. The third kappa shape index (κ3) is 5.07. The molecule has 0 aliphatic carbocycles. The molecule has 0 aliphatic rings. The molecule has 26 valence electrons. The second-order valence-corrected chi connectivity index (χ2v) is 1.69. The van der Waals surface area contributed by atoms with Crippen LogP contribution in [0.25, 0.3) is 0 Å². The topological polar surface area (TPSA) is 9.23 Å². The summed E-state index contributed by atoms with van der Waals surface area (Å²) < 4.78 is 4.20. The van der Waals surface area contributed by atoms with E-state index in [9.17, 15) is 0 Å². The number of hydrogen-bond acceptors (Lipinski definition) is 1. The fourth-order valence-corrected chi connectivity index (χ4v) is 0. The van der Waals surface area contributed by atoms with Gasteiger partial charge in [0.1, 0.15) is 0 Å². The van der Waals surface area contributed by atoms with Crippen molar-refractivity contribution in [1.82, 2.24) is 0 Å². The molecule has 0 saturated carbocycles. The molecule has 0 fully saturated rings. The summed E-state index contributed by atoms with van der Waals surface area (Å²) in [6, 6.07) is 0. The zero-order chi connectivity index (χ0) is 4.28. The predicted octanol–water partition coefficient (Wildman–Crippen LogP) is 0.848. The van der Waals surface area contributed by atoms with E-state index in [0.29, 0.717) is 0 Å². The zero-order valence-corrected chi connectivity index (χ0v) is 4.99. The molecule has 0 bridgehead atoms. The van der Waals surface area contributed by atoms with Crippen molar-refractivity contribution in [2.75, 3.05) is 0 Å². The molecule has 0 radical (unpaired) electrons. The van der Waals surface area contributed by atoms with Crippen LogP contribution in [-0.4, -0.2) is 21.6 Å². The average molecular weight is 127 g/mol. The Bertz CT molecular complexity index is 23.6. The van der Waals surface area contributed by atoms with E-state index in [1.165, 1.54) is 0 Å². The second kappa shape index (κ2) is 3.27. The molecule has 1 nitrogen and oxygen atoms in total. The van der Waals surface area contributed by atoms with E-state index in [-0.39, 0.29) is 0 Å². The quantitative estimate of drug-likeness (QED) is 0.374. The van der Waals surface area contributed by atoms with Crippen molar-refractivity contribution in [3.05, 3.63) is 0 Å². The van der Waals surface area contributed by atoms with Crippen molar-refractivity contribution in [2.24, 2.45) is 0 Å². The molecule has 5 heavy (non-hydrogen) atoms. The van der Waals surface area contributed by atoms with Crippen LogP contribution in [0.5, 0.6) is 0 Å². The van der Waals surface area contributed by atoms with Gasteiger partial charge in [-0.3, -0.25) is 0 Å². The van der Waals surface area contributed by atoms with E-state index < -0.39 is 5.02 Å². The van der Waals surface area contributed by atoms with Gasteiger partial charge in [-0.1, -0.05) is 0 Å². The first-order valence-corrected chi connectivity index (χ1v) is 2.25. The number of hydrogen-bond donors (Lipinski definition) is 0. The van der Waals surface area contributed by atoms with Crippen molar-refractivity contribution in [3.8, 4) is 0 Å². The van der Waals surface area contributed by atoms with Gasteiger partial charge < -0.3 is 0 Å². The van der Waals surface area contributed by atoms with Gasteiger partial charge in [0.05, 0.1) is 0 Å². The Balaban J connectivity index is 2.54. The standard InChI is InChI=1S/CHCl2O.Al/c2-1(3)4;/h1H;/q-1;+3. The van der Waals surface area contributed by atoms with Gasteiger partial charge in [-0.25, -0.2) is 0 Å². The summed E-state index contributed by atoms with van der Waals surface area (Å²) in [5, 5.41) is -0.708. The molecule has 0 aromatic rings. The van der Waals surface area contributed by atoms with E-state index in [2.05, 4.69) is 3.79 Å². The van der Waals surface area contributed by atoms with Crippen molar-refractivity contribution < 1.29 is 3.79 Å². The zero-order valence-electron chi connectivity index (χ0n) is 2.32. The first-order valence-electron chi connectivity index (χ1n) is 0.908. The van der Waals surface area contributed by atoms with E-state index in [0.717, 1.165) is 0 Å². The first kappa shape index (κ1) is 6.07. The van der Waals surface area contributed by atoms with Crippen molar-refractivity contribution in [2.45, 2.75) is 5.02 Å². The molecule has 0 aromatic heterocycles. The van der Waals surface area contributed by atoms with E-state index in [1.807, 2.05) is 16.6 Å². The fraction of sp³-hybridized carbons (Fsp3) is 1.00. The van der Waals surface area contributed by atoms with Crippen LogP contribution in [0, 0.1) is 0 Å². The summed E-state index contributed by atoms with van der Waals surface area (Å²) in [6.07, 6.45) is 0. The average Bonchev–Trinajstić information content (AvgIpc) is 1.38. The second-order valence-electron chi connectivity index (χ2n) is 0.397. The molecule has 0 atom stereocenters. The Kier molecular flexibility index (Phi) is 3.97. The van der Waals surface area contributed by atoms with Gasteiger partial charge in [-0.2, -0.15) is 0 Å². The van der Waals surface area contributed by atoms with Crippen LogP contribution in [0.3, 0.4) is 0 Å². The normalized spacial score (nSPS) is 9.80. The molecular weight excluding hydrogens is 126 g/mol. The molecule has 0 aromatic carbocycles. The molecule has 0 saturated heterocycles. The van der Waals surface area contributed by atoms with Gasteiger partial charge in [0.25, 0.3) is 0 Å². The van der Waals surface area contributed by atoms with Gasteiger partial charge in [0, 0.05) is 0 Å². The molecule has 0 N–H and O–H groups in total. The Morgan fingerprint density at radius 1 is 1.60 bits per heavy atom. The van der Waals surface area contributed by atoms with E-state index in [1.54, 1.807) is 0 Å². The van der Waals surface area contributed by atoms with Crippen molar-refractivity contribution >= 4 is 39.8 Å². The molecule has 0 unspecified atom stereocenters. The fourth-order valence-electron chi connectivity index (χ4n) is 0. The molecule has 0 rings (SSSR count). The number of alkyl halides is 2. The van der Waals surface area contributed by atoms with Crippen molar-refractivity contribution in [1.29, 1.82) is 0 Å². The van der Waals surface area contributed by atoms with Crippen LogP contribution in [0.4, 0.5) is 0 Å². The minimum atomic E-state index is -0.708. The van der Waals surface area contributed by atoms with Crippen LogP contribution < -0.4 is 0 Å². The van der Waals surface area contributed by atoms with Gasteiger partial charge in [0.15, 0.2) is 0 Å². The molecule has 0 heterocycles. The third-order valence-corrected chi connectivity index (χ3v) is 0.926. The Morgan fingerprint density at radius 2 is 1.80 bits per heavy atom. The molecule has 4 heteroatoms. The molecule has 0 amide bonds. The maximum atomic E-state index is 4.98. The molecule has 0 aliphatic heterocycles. The third-order valence-electron chi connectivity index (χ3n) is 0.103. The first-order chi connectivity index (χ1) is 2.27. The number of halogens is 2. The SMILES string of the molecule is [Al+2][O]C(Cl)Cl. The van der Waals surface area contributed by atoms with Crippen LogP contribution in [0.2, 0.25) is 0 Å².